The van der Waals surface area contributed by atoms with Crippen molar-refractivity contribution in [1.29, 1.82) is 0 Å². The molecule has 0 bridgehead atoms. The van der Waals surface area contributed by atoms with Gasteiger partial charge >= 0.3 is 0 Å². The van der Waals surface area contributed by atoms with Gasteiger partial charge in [0.1, 0.15) is 0 Å². The standard InChI is InChI=1S/C13H9Br2NS2/c14-10-6-9(13(15)18-10)11(16)8-3-1-2-7-4-5-17-12(7)8/h1-6,11H,16H2. The molecule has 0 saturated carbocycles. The zero-order chi connectivity index (χ0) is 12.7. The summed E-state index contributed by atoms with van der Waals surface area (Å²) in [5.74, 6) is 0. The van der Waals surface area contributed by atoms with Crippen LogP contribution >= 0.6 is 54.5 Å². The van der Waals surface area contributed by atoms with Gasteiger partial charge in [-0.3, -0.25) is 0 Å². The molecule has 0 fully saturated rings. The van der Waals surface area contributed by atoms with Gasteiger partial charge in [-0.2, -0.15) is 0 Å². The first-order valence-electron chi connectivity index (χ1n) is 5.33. The second kappa shape index (κ2) is 5.06. The highest BCUT2D eigenvalue weighted by molar-refractivity contribution is 9.12. The van der Waals surface area contributed by atoms with Crippen LogP contribution in [0.5, 0.6) is 0 Å². The number of rotatable bonds is 2. The van der Waals surface area contributed by atoms with E-state index in [1.165, 1.54) is 15.6 Å². The first-order chi connectivity index (χ1) is 8.66. The van der Waals surface area contributed by atoms with Gasteiger partial charge in [0.2, 0.25) is 0 Å². The molecule has 0 aliphatic heterocycles. The average Bonchev–Trinajstić information content (AvgIpc) is 2.94. The minimum absolute atomic E-state index is 0.0933. The van der Waals surface area contributed by atoms with Gasteiger partial charge in [-0.15, -0.1) is 22.7 Å². The van der Waals surface area contributed by atoms with Crippen LogP contribution in [0.1, 0.15) is 17.2 Å². The van der Waals surface area contributed by atoms with E-state index in [9.17, 15) is 0 Å². The number of nitrogens with two attached hydrogens (primary N) is 1. The van der Waals surface area contributed by atoms with Crippen LogP contribution in [-0.4, -0.2) is 0 Å². The zero-order valence-corrected chi connectivity index (χ0v) is 14.0. The highest BCUT2D eigenvalue weighted by atomic mass is 79.9. The zero-order valence-electron chi connectivity index (χ0n) is 9.19. The van der Waals surface area contributed by atoms with Gasteiger partial charge in [0, 0.05) is 4.70 Å². The molecule has 18 heavy (non-hydrogen) atoms. The molecule has 0 spiro atoms. The van der Waals surface area contributed by atoms with E-state index < -0.39 is 0 Å². The molecule has 1 atom stereocenters. The fraction of sp³-hybridized carbons (Fsp3) is 0.0769. The molecule has 3 aromatic rings. The summed E-state index contributed by atoms with van der Waals surface area (Å²) in [5, 5.41) is 3.37. The van der Waals surface area contributed by atoms with E-state index in [1.807, 2.05) is 0 Å². The van der Waals surface area contributed by atoms with Gasteiger partial charge in [0.25, 0.3) is 0 Å². The van der Waals surface area contributed by atoms with Crippen molar-refractivity contribution in [3.8, 4) is 0 Å². The maximum atomic E-state index is 6.42. The van der Waals surface area contributed by atoms with Crippen molar-refractivity contribution in [2.45, 2.75) is 6.04 Å². The smallest absolute Gasteiger partial charge is 0.0761 e. The Balaban J connectivity index is 2.14. The number of halogens is 2. The van der Waals surface area contributed by atoms with Gasteiger partial charge in [0.05, 0.1) is 13.6 Å². The lowest BCUT2D eigenvalue weighted by Gasteiger charge is -2.12. The Hall–Kier alpha value is -0.200. The second-order valence-electron chi connectivity index (χ2n) is 3.94. The molecule has 0 amide bonds. The molecular formula is C13H9Br2NS2. The van der Waals surface area contributed by atoms with Crippen molar-refractivity contribution in [1.82, 2.24) is 0 Å². The molecule has 1 aromatic carbocycles. The summed E-state index contributed by atoms with van der Waals surface area (Å²) in [6.07, 6.45) is 0. The minimum atomic E-state index is -0.0933. The number of hydrogen-bond acceptors (Lipinski definition) is 3. The molecule has 92 valence electrons. The van der Waals surface area contributed by atoms with Crippen molar-refractivity contribution in [2.24, 2.45) is 5.73 Å². The van der Waals surface area contributed by atoms with Gasteiger partial charge in [-0.25, -0.2) is 0 Å². The number of thiophene rings is 2. The molecule has 2 aromatic heterocycles. The molecule has 1 unspecified atom stereocenters. The maximum absolute atomic E-state index is 6.42. The highest BCUT2D eigenvalue weighted by Gasteiger charge is 2.17. The summed E-state index contributed by atoms with van der Waals surface area (Å²) in [7, 11) is 0. The van der Waals surface area contributed by atoms with Crippen LogP contribution in [0.4, 0.5) is 0 Å². The normalized spacial score (nSPS) is 13.1. The van der Waals surface area contributed by atoms with Crippen LogP contribution in [0.3, 0.4) is 0 Å². The van der Waals surface area contributed by atoms with Gasteiger partial charge in [-0.05, 0) is 65.9 Å². The predicted octanol–water partition coefficient (Wildman–Crippen LogP) is 5.54. The van der Waals surface area contributed by atoms with E-state index >= 15 is 0 Å². The molecule has 1 nitrogen and oxygen atoms in total. The van der Waals surface area contributed by atoms with Crippen molar-refractivity contribution < 1.29 is 0 Å². The van der Waals surface area contributed by atoms with Crippen molar-refractivity contribution >= 4 is 64.6 Å². The monoisotopic (exact) mass is 401 g/mol. The Morgan fingerprint density at radius 2 is 1.94 bits per heavy atom. The lowest BCUT2D eigenvalue weighted by atomic mass is 10.0. The SMILES string of the molecule is NC(c1cc(Br)sc1Br)c1cccc2ccsc12. The van der Waals surface area contributed by atoms with E-state index in [0.29, 0.717) is 0 Å². The summed E-state index contributed by atoms with van der Waals surface area (Å²) in [5.41, 5.74) is 8.74. The lowest BCUT2D eigenvalue weighted by Crippen LogP contribution is -2.11. The van der Waals surface area contributed by atoms with Crippen LogP contribution in [0, 0.1) is 0 Å². The molecule has 5 heteroatoms. The number of hydrogen-bond donors (Lipinski definition) is 1. The van der Waals surface area contributed by atoms with Crippen molar-refractivity contribution in [3.63, 3.8) is 0 Å². The first kappa shape index (κ1) is 12.8. The molecule has 0 saturated heterocycles. The summed E-state index contributed by atoms with van der Waals surface area (Å²) in [4.78, 5) is 0. The lowest BCUT2D eigenvalue weighted by molar-refractivity contribution is 0.883. The minimum Gasteiger partial charge on any atom is -0.320 e. The largest absolute Gasteiger partial charge is 0.320 e. The molecule has 2 heterocycles. The van der Waals surface area contributed by atoms with Crippen molar-refractivity contribution in [2.75, 3.05) is 0 Å². The van der Waals surface area contributed by atoms with E-state index in [1.54, 1.807) is 22.7 Å². The fourth-order valence-electron chi connectivity index (χ4n) is 1.99. The summed E-state index contributed by atoms with van der Waals surface area (Å²) >= 11 is 10.5. The summed E-state index contributed by atoms with van der Waals surface area (Å²) < 4.78 is 3.47. The van der Waals surface area contributed by atoms with Crippen LogP contribution in [0.25, 0.3) is 10.1 Å². The van der Waals surface area contributed by atoms with Crippen molar-refractivity contribution in [3.05, 3.63) is 54.4 Å². The quantitative estimate of drug-likeness (QED) is 0.598. The molecular weight excluding hydrogens is 394 g/mol. The van der Waals surface area contributed by atoms with E-state index in [2.05, 4.69) is 67.6 Å². The van der Waals surface area contributed by atoms with Crippen LogP contribution in [0.2, 0.25) is 0 Å². The first-order valence-corrected chi connectivity index (χ1v) is 8.61. The van der Waals surface area contributed by atoms with Gasteiger partial charge in [-0.1, -0.05) is 18.2 Å². The van der Waals surface area contributed by atoms with E-state index in [0.717, 1.165) is 13.1 Å². The molecule has 3 rings (SSSR count). The Morgan fingerprint density at radius 3 is 2.67 bits per heavy atom. The van der Waals surface area contributed by atoms with E-state index in [-0.39, 0.29) is 6.04 Å². The summed E-state index contributed by atoms with van der Waals surface area (Å²) in [6, 6.07) is 10.4. The third kappa shape index (κ3) is 2.18. The van der Waals surface area contributed by atoms with Gasteiger partial charge in [0.15, 0.2) is 0 Å². The third-order valence-electron chi connectivity index (χ3n) is 2.86. The Bertz CT molecular complexity index is 702. The molecule has 2 N–H and O–H groups in total. The predicted molar refractivity (Wildman–Crippen MR) is 87.6 cm³/mol. The van der Waals surface area contributed by atoms with Gasteiger partial charge < -0.3 is 5.73 Å². The van der Waals surface area contributed by atoms with Crippen LogP contribution < -0.4 is 5.73 Å². The molecule has 0 aliphatic rings. The fourth-order valence-corrected chi connectivity index (χ4v) is 5.88. The third-order valence-corrected chi connectivity index (χ3v) is 6.23. The Morgan fingerprint density at radius 1 is 1.11 bits per heavy atom. The summed E-state index contributed by atoms with van der Waals surface area (Å²) in [6.45, 7) is 0. The average molecular weight is 403 g/mol. The Labute approximate surface area is 130 Å². The molecule has 0 aliphatic carbocycles. The maximum Gasteiger partial charge on any atom is 0.0761 e. The van der Waals surface area contributed by atoms with E-state index in [4.69, 9.17) is 5.73 Å². The van der Waals surface area contributed by atoms with Crippen LogP contribution in [-0.2, 0) is 0 Å². The molecule has 0 radical (unpaired) electrons. The number of benzene rings is 1. The second-order valence-corrected chi connectivity index (χ2v) is 8.61. The Kier molecular flexibility index (Phi) is 3.60. The van der Waals surface area contributed by atoms with Crippen LogP contribution in [0.15, 0.2) is 43.3 Å². The number of fused-ring (bicyclic) bond motifs is 1. The topological polar surface area (TPSA) is 26.0 Å². The highest BCUT2D eigenvalue weighted by Crippen LogP contribution is 2.39.